The summed E-state index contributed by atoms with van der Waals surface area (Å²) in [5, 5.41) is 0. The summed E-state index contributed by atoms with van der Waals surface area (Å²) in [6, 6.07) is 0. The van der Waals surface area contributed by atoms with E-state index in [1.807, 2.05) is 24.3 Å². The molecule has 0 saturated heterocycles. The van der Waals surface area contributed by atoms with Gasteiger partial charge in [0.05, 0.1) is 7.11 Å². The summed E-state index contributed by atoms with van der Waals surface area (Å²) in [6.45, 7) is 0.396. The van der Waals surface area contributed by atoms with Gasteiger partial charge in [0.1, 0.15) is 6.61 Å². The van der Waals surface area contributed by atoms with Crippen LogP contribution in [0.2, 0.25) is 0 Å². The van der Waals surface area contributed by atoms with Crippen LogP contribution in [0, 0.1) is 5.92 Å². The highest BCUT2D eigenvalue weighted by Crippen LogP contribution is 2.11. The molecule has 0 aromatic heterocycles. The van der Waals surface area contributed by atoms with Gasteiger partial charge in [-0.25, -0.2) is 4.79 Å². The normalized spacial score (nSPS) is 20.6. The Balaban J connectivity index is 2.19. The van der Waals surface area contributed by atoms with E-state index in [2.05, 4.69) is 4.74 Å². The molecule has 0 saturated carbocycles. The van der Waals surface area contributed by atoms with Gasteiger partial charge in [-0.05, 0) is 6.42 Å². The minimum absolute atomic E-state index is 0.300. The van der Waals surface area contributed by atoms with Crippen molar-refractivity contribution >= 4 is 6.16 Å². The van der Waals surface area contributed by atoms with E-state index in [-0.39, 0.29) is 0 Å². The second-order valence-electron chi connectivity index (χ2n) is 2.57. The van der Waals surface area contributed by atoms with Gasteiger partial charge in [0.15, 0.2) is 0 Å². The summed E-state index contributed by atoms with van der Waals surface area (Å²) in [5.41, 5.74) is 0. The zero-order chi connectivity index (χ0) is 8.81. The van der Waals surface area contributed by atoms with Gasteiger partial charge in [-0.15, -0.1) is 0 Å². The number of carbonyl (C=O) groups excluding carboxylic acids is 1. The second-order valence-corrected chi connectivity index (χ2v) is 2.57. The zero-order valence-corrected chi connectivity index (χ0v) is 7.03. The Hall–Kier alpha value is -1.25. The SMILES string of the molecule is COC(=O)OCC1C=CC=CC1. The first-order valence-corrected chi connectivity index (χ1v) is 3.87. The molecule has 0 aromatic carbocycles. The van der Waals surface area contributed by atoms with Crippen LogP contribution >= 0.6 is 0 Å². The van der Waals surface area contributed by atoms with E-state index in [0.717, 1.165) is 6.42 Å². The highest BCUT2D eigenvalue weighted by atomic mass is 16.7. The van der Waals surface area contributed by atoms with E-state index >= 15 is 0 Å². The molecule has 12 heavy (non-hydrogen) atoms. The fourth-order valence-corrected chi connectivity index (χ4v) is 0.989. The van der Waals surface area contributed by atoms with Gasteiger partial charge >= 0.3 is 6.16 Å². The molecule has 0 bridgehead atoms. The first kappa shape index (κ1) is 8.84. The number of allylic oxidation sites excluding steroid dienone is 3. The molecule has 66 valence electrons. The smallest absolute Gasteiger partial charge is 0.438 e. The molecule has 0 N–H and O–H groups in total. The van der Waals surface area contributed by atoms with Crippen LogP contribution in [0.1, 0.15) is 6.42 Å². The summed E-state index contributed by atoms with van der Waals surface area (Å²) in [7, 11) is 1.30. The highest BCUT2D eigenvalue weighted by molar-refractivity contribution is 5.59. The molecule has 1 aliphatic rings. The molecule has 0 amide bonds. The minimum Gasteiger partial charge on any atom is -0.438 e. The van der Waals surface area contributed by atoms with Crippen molar-refractivity contribution < 1.29 is 14.3 Å². The van der Waals surface area contributed by atoms with E-state index in [1.54, 1.807) is 0 Å². The Kier molecular flexibility index (Phi) is 3.38. The molecule has 0 aromatic rings. The predicted molar refractivity (Wildman–Crippen MR) is 44.7 cm³/mol. The van der Waals surface area contributed by atoms with Crippen LogP contribution in [0.4, 0.5) is 4.79 Å². The zero-order valence-electron chi connectivity index (χ0n) is 7.03. The molecule has 1 unspecified atom stereocenters. The van der Waals surface area contributed by atoms with Gasteiger partial charge < -0.3 is 9.47 Å². The molecule has 0 radical (unpaired) electrons. The quantitative estimate of drug-likeness (QED) is 0.591. The Morgan fingerprint density at radius 1 is 1.58 bits per heavy atom. The summed E-state index contributed by atoms with van der Waals surface area (Å²) in [6.07, 6.45) is 8.31. The van der Waals surface area contributed by atoms with Crippen molar-refractivity contribution in [1.82, 2.24) is 0 Å². The number of rotatable bonds is 2. The molecule has 3 nitrogen and oxygen atoms in total. The largest absolute Gasteiger partial charge is 0.507 e. The molecular formula is C9H12O3. The van der Waals surface area contributed by atoms with Crippen molar-refractivity contribution in [1.29, 1.82) is 0 Å². The molecular weight excluding hydrogens is 156 g/mol. The third-order valence-corrected chi connectivity index (χ3v) is 1.65. The van der Waals surface area contributed by atoms with Crippen molar-refractivity contribution in [3.63, 3.8) is 0 Å². The van der Waals surface area contributed by atoms with Crippen LogP contribution in [0.15, 0.2) is 24.3 Å². The van der Waals surface area contributed by atoms with Crippen molar-refractivity contribution in [3.8, 4) is 0 Å². The fourth-order valence-electron chi connectivity index (χ4n) is 0.989. The fraction of sp³-hybridized carbons (Fsp3) is 0.444. The lowest BCUT2D eigenvalue weighted by Crippen LogP contribution is -2.12. The Bertz CT molecular complexity index is 206. The van der Waals surface area contributed by atoms with Crippen LogP contribution < -0.4 is 0 Å². The molecule has 3 heteroatoms. The monoisotopic (exact) mass is 168 g/mol. The van der Waals surface area contributed by atoms with Gasteiger partial charge in [-0.2, -0.15) is 0 Å². The lowest BCUT2D eigenvalue weighted by molar-refractivity contribution is 0.0650. The topological polar surface area (TPSA) is 35.5 Å². The summed E-state index contributed by atoms with van der Waals surface area (Å²) in [4.78, 5) is 10.6. The third-order valence-electron chi connectivity index (χ3n) is 1.65. The van der Waals surface area contributed by atoms with Crippen molar-refractivity contribution in [2.24, 2.45) is 5.92 Å². The van der Waals surface area contributed by atoms with E-state index < -0.39 is 6.16 Å². The Labute approximate surface area is 71.7 Å². The average Bonchev–Trinajstić information content (AvgIpc) is 2.16. The van der Waals surface area contributed by atoms with E-state index in [1.165, 1.54) is 7.11 Å². The molecule has 0 fully saturated rings. The van der Waals surface area contributed by atoms with Gasteiger partial charge in [-0.3, -0.25) is 0 Å². The van der Waals surface area contributed by atoms with Crippen LogP contribution in [0.5, 0.6) is 0 Å². The maximum atomic E-state index is 10.6. The number of methoxy groups -OCH3 is 1. The van der Waals surface area contributed by atoms with Crippen molar-refractivity contribution in [3.05, 3.63) is 24.3 Å². The van der Waals surface area contributed by atoms with Gasteiger partial charge in [0.2, 0.25) is 0 Å². The number of ether oxygens (including phenoxy) is 2. The van der Waals surface area contributed by atoms with Crippen molar-refractivity contribution in [2.75, 3.05) is 13.7 Å². The summed E-state index contributed by atoms with van der Waals surface area (Å²) in [5.74, 6) is 0.300. The molecule has 0 heterocycles. The molecule has 1 aliphatic carbocycles. The van der Waals surface area contributed by atoms with Crippen LogP contribution in [-0.4, -0.2) is 19.9 Å². The van der Waals surface area contributed by atoms with Crippen LogP contribution in [0.25, 0.3) is 0 Å². The lowest BCUT2D eigenvalue weighted by atomic mass is 10.0. The summed E-state index contributed by atoms with van der Waals surface area (Å²) >= 11 is 0. The lowest BCUT2D eigenvalue weighted by Gasteiger charge is -2.11. The first-order valence-electron chi connectivity index (χ1n) is 3.87. The Morgan fingerprint density at radius 2 is 2.42 bits per heavy atom. The molecule has 0 spiro atoms. The van der Waals surface area contributed by atoms with E-state index in [9.17, 15) is 4.79 Å². The maximum Gasteiger partial charge on any atom is 0.507 e. The molecule has 1 rings (SSSR count). The minimum atomic E-state index is -0.613. The maximum absolute atomic E-state index is 10.6. The Morgan fingerprint density at radius 3 is 3.00 bits per heavy atom. The van der Waals surface area contributed by atoms with E-state index in [4.69, 9.17) is 4.74 Å². The number of hydrogen-bond donors (Lipinski definition) is 0. The van der Waals surface area contributed by atoms with Gasteiger partial charge in [-0.1, -0.05) is 24.3 Å². The second kappa shape index (κ2) is 4.59. The highest BCUT2D eigenvalue weighted by Gasteiger charge is 2.08. The van der Waals surface area contributed by atoms with Gasteiger partial charge in [0.25, 0.3) is 0 Å². The van der Waals surface area contributed by atoms with Crippen LogP contribution in [0.3, 0.4) is 0 Å². The standard InChI is InChI=1S/C9H12O3/c1-11-9(10)12-7-8-5-3-2-4-6-8/h2-5,8H,6-7H2,1H3. The van der Waals surface area contributed by atoms with Crippen LogP contribution in [-0.2, 0) is 9.47 Å². The third kappa shape index (κ3) is 2.78. The van der Waals surface area contributed by atoms with Crippen molar-refractivity contribution in [2.45, 2.75) is 6.42 Å². The number of carbonyl (C=O) groups is 1. The van der Waals surface area contributed by atoms with E-state index in [0.29, 0.717) is 12.5 Å². The van der Waals surface area contributed by atoms with Gasteiger partial charge in [0, 0.05) is 5.92 Å². The average molecular weight is 168 g/mol. The molecule has 0 aliphatic heterocycles. The first-order chi connectivity index (χ1) is 5.83. The summed E-state index contributed by atoms with van der Waals surface area (Å²) < 4.78 is 9.12. The molecule has 1 atom stereocenters. The number of hydrogen-bond acceptors (Lipinski definition) is 3. The predicted octanol–water partition coefficient (Wildman–Crippen LogP) is 1.90.